The number of rotatable bonds is 4. The minimum absolute atomic E-state index is 0.0173. The average Bonchev–Trinajstić information content (AvgIpc) is 2.61. The first-order valence-electron chi connectivity index (χ1n) is 7.47. The molecule has 1 heterocycles. The highest BCUT2D eigenvalue weighted by molar-refractivity contribution is 7.92. The number of phenols is 1. The van der Waals surface area contributed by atoms with Crippen LogP contribution in [0.5, 0.6) is 5.75 Å². The summed E-state index contributed by atoms with van der Waals surface area (Å²) in [6.45, 7) is 0. The Labute approximate surface area is 152 Å². The van der Waals surface area contributed by atoms with Crippen LogP contribution in [0.25, 0.3) is 11.4 Å². The van der Waals surface area contributed by atoms with Crippen LogP contribution in [0.3, 0.4) is 0 Å². The van der Waals surface area contributed by atoms with Crippen molar-refractivity contribution in [3.63, 3.8) is 0 Å². The van der Waals surface area contributed by atoms with Gasteiger partial charge in [0, 0.05) is 5.56 Å². The third-order valence-electron chi connectivity index (χ3n) is 3.48. The van der Waals surface area contributed by atoms with Crippen LogP contribution in [-0.2, 0) is 16.2 Å². The van der Waals surface area contributed by atoms with Crippen LogP contribution in [0.4, 0.5) is 18.9 Å². The van der Waals surface area contributed by atoms with Crippen molar-refractivity contribution in [2.45, 2.75) is 11.1 Å². The number of aromatic nitrogens is 2. The lowest BCUT2D eigenvalue weighted by Gasteiger charge is -2.11. The van der Waals surface area contributed by atoms with Gasteiger partial charge >= 0.3 is 6.18 Å². The number of nitrogens with one attached hydrogen (secondary N) is 1. The quantitative estimate of drug-likeness (QED) is 0.703. The lowest BCUT2D eigenvalue weighted by molar-refractivity contribution is -0.137. The molecule has 10 heteroatoms. The van der Waals surface area contributed by atoms with Gasteiger partial charge in [0.1, 0.15) is 5.75 Å². The van der Waals surface area contributed by atoms with Gasteiger partial charge < -0.3 is 5.11 Å². The Hall–Kier alpha value is -3.14. The molecule has 0 fully saturated rings. The minimum atomic E-state index is -4.66. The topological polar surface area (TPSA) is 92.2 Å². The predicted octanol–water partition coefficient (Wildman–Crippen LogP) is 3.67. The van der Waals surface area contributed by atoms with E-state index in [0.717, 1.165) is 18.2 Å². The molecule has 0 bridgehead atoms. The average molecular weight is 395 g/mol. The SMILES string of the molecule is O=S(=O)(Nc1cnc(-c2cccc(O)c2)nc1)c1cccc(C(F)(F)F)c1. The number of hydrogen-bond acceptors (Lipinski definition) is 5. The molecule has 0 saturated heterocycles. The number of nitrogens with zero attached hydrogens (tertiary/aromatic N) is 2. The molecule has 2 aromatic carbocycles. The molecule has 3 rings (SSSR count). The molecule has 0 aliphatic carbocycles. The number of aromatic hydroxyl groups is 1. The van der Waals surface area contributed by atoms with Crippen molar-refractivity contribution < 1.29 is 26.7 Å². The number of anilines is 1. The first-order valence-corrected chi connectivity index (χ1v) is 8.95. The van der Waals surface area contributed by atoms with Crippen molar-refractivity contribution in [1.29, 1.82) is 0 Å². The zero-order valence-corrected chi connectivity index (χ0v) is 14.3. The van der Waals surface area contributed by atoms with E-state index < -0.39 is 26.7 Å². The highest BCUT2D eigenvalue weighted by Crippen LogP contribution is 2.31. The van der Waals surface area contributed by atoms with E-state index in [4.69, 9.17) is 0 Å². The van der Waals surface area contributed by atoms with Gasteiger partial charge in [0.15, 0.2) is 5.82 Å². The summed E-state index contributed by atoms with van der Waals surface area (Å²) in [4.78, 5) is 7.46. The van der Waals surface area contributed by atoms with Gasteiger partial charge in [-0.1, -0.05) is 18.2 Å². The Morgan fingerprint density at radius 1 is 0.963 bits per heavy atom. The highest BCUT2D eigenvalue weighted by atomic mass is 32.2. The molecule has 0 aliphatic heterocycles. The van der Waals surface area contributed by atoms with Crippen molar-refractivity contribution in [2.75, 3.05) is 4.72 Å². The zero-order chi connectivity index (χ0) is 19.7. The monoisotopic (exact) mass is 395 g/mol. The van der Waals surface area contributed by atoms with Crippen molar-refractivity contribution >= 4 is 15.7 Å². The molecule has 0 atom stereocenters. The summed E-state index contributed by atoms with van der Waals surface area (Å²) < 4.78 is 65.1. The summed E-state index contributed by atoms with van der Waals surface area (Å²) in [6, 6.07) is 9.55. The summed E-state index contributed by atoms with van der Waals surface area (Å²) in [6.07, 6.45) is -2.30. The van der Waals surface area contributed by atoms with Gasteiger partial charge in [0.2, 0.25) is 0 Å². The number of hydrogen-bond donors (Lipinski definition) is 2. The second-order valence-corrected chi connectivity index (χ2v) is 7.16. The molecule has 2 N–H and O–H groups in total. The van der Waals surface area contributed by atoms with Gasteiger partial charge in [-0.25, -0.2) is 18.4 Å². The highest BCUT2D eigenvalue weighted by Gasteiger charge is 2.31. The minimum Gasteiger partial charge on any atom is -0.508 e. The molecule has 0 amide bonds. The molecule has 27 heavy (non-hydrogen) atoms. The van der Waals surface area contributed by atoms with E-state index in [9.17, 15) is 26.7 Å². The first-order chi connectivity index (χ1) is 12.6. The molecule has 0 unspecified atom stereocenters. The lowest BCUT2D eigenvalue weighted by atomic mass is 10.2. The van der Waals surface area contributed by atoms with E-state index in [1.807, 2.05) is 0 Å². The molecule has 0 saturated carbocycles. The fourth-order valence-electron chi connectivity index (χ4n) is 2.23. The fourth-order valence-corrected chi connectivity index (χ4v) is 3.30. The van der Waals surface area contributed by atoms with Gasteiger partial charge in [0.05, 0.1) is 28.5 Å². The second kappa shape index (κ2) is 6.88. The number of phenolic OH excluding ortho intramolecular Hbond substituents is 1. The normalized spacial score (nSPS) is 12.0. The maximum absolute atomic E-state index is 12.8. The molecule has 1 aromatic heterocycles. The van der Waals surface area contributed by atoms with E-state index in [0.29, 0.717) is 11.6 Å². The third-order valence-corrected chi connectivity index (χ3v) is 4.86. The standard InChI is InChI=1S/C17H12F3N3O3S/c18-17(19,20)12-4-2-6-15(8-12)27(25,26)23-13-9-21-16(22-10-13)11-3-1-5-14(24)7-11/h1-10,23-24H. The van der Waals surface area contributed by atoms with Gasteiger partial charge in [-0.2, -0.15) is 13.2 Å². The van der Waals surface area contributed by atoms with Gasteiger partial charge in [-0.3, -0.25) is 4.72 Å². The van der Waals surface area contributed by atoms with Crippen LogP contribution in [0.1, 0.15) is 5.56 Å². The van der Waals surface area contributed by atoms with Gasteiger partial charge in [-0.15, -0.1) is 0 Å². The van der Waals surface area contributed by atoms with Gasteiger partial charge in [0.25, 0.3) is 10.0 Å². The Bertz CT molecular complexity index is 1070. The van der Waals surface area contributed by atoms with Crippen molar-refractivity contribution in [1.82, 2.24) is 9.97 Å². The van der Waals surface area contributed by atoms with Crippen LogP contribution in [-0.4, -0.2) is 23.5 Å². The first kappa shape index (κ1) is 18.6. The predicted molar refractivity (Wildman–Crippen MR) is 91.4 cm³/mol. The Kier molecular flexibility index (Phi) is 4.75. The van der Waals surface area contributed by atoms with E-state index in [2.05, 4.69) is 14.7 Å². The lowest BCUT2D eigenvalue weighted by Crippen LogP contribution is -2.15. The van der Waals surface area contributed by atoms with Crippen LogP contribution in [0.15, 0.2) is 65.8 Å². The van der Waals surface area contributed by atoms with Crippen LogP contribution < -0.4 is 4.72 Å². The Morgan fingerprint density at radius 3 is 2.26 bits per heavy atom. The summed E-state index contributed by atoms with van der Waals surface area (Å²) in [5, 5.41) is 9.46. The number of alkyl halides is 3. The van der Waals surface area contributed by atoms with E-state index in [1.165, 1.54) is 24.5 Å². The molecular weight excluding hydrogens is 383 g/mol. The maximum Gasteiger partial charge on any atom is 0.416 e. The molecule has 6 nitrogen and oxygen atoms in total. The fraction of sp³-hybridized carbons (Fsp3) is 0.0588. The van der Waals surface area contributed by atoms with Gasteiger partial charge in [-0.05, 0) is 30.3 Å². The van der Waals surface area contributed by atoms with Crippen LogP contribution in [0.2, 0.25) is 0 Å². The summed E-state index contributed by atoms with van der Waals surface area (Å²) in [7, 11) is -4.25. The van der Waals surface area contributed by atoms with Crippen molar-refractivity contribution in [3.8, 4) is 17.1 Å². The summed E-state index contributed by atoms with van der Waals surface area (Å²) >= 11 is 0. The summed E-state index contributed by atoms with van der Waals surface area (Å²) in [5.41, 5.74) is -0.570. The molecular formula is C17H12F3N3O3S. The summed E-state index contributed by atoms with van der Waals surface area (Å²) in [5.74, 6) is 0.262. The Morgan fingerprint density at radius 2 is 1.63 bits per heavy atom. The number of benzene rings is 2. The number of sulfonamides is 1. The van der Waals surface area contributed by atoms with E-state index >= 15 is 0 Å². The molecule has 3 aromatic rings. The van der Waals surface area contributed by atoms with Crippen molar-refractivity contribution in [2.24, 2.45) is 0 Å². The zero-order valence-electron chi connectivity index (χ0n) is 13.5. The molecule has 0 spiro atoms. The van der Waals surface area contributed by atoms with Crippen LogP contribution in [0, 0.1) is 0 Å². The van der Waals surface area contributed by atoms with E-state index in [-0.39, 0.29) is 17.3 Å². The Balaban J connectivity index is 1.84. The van der Waals surface area contributed by atoms with Crippen LogP contribution >= 0.6 is 0 Å². The van der Waals surface area contributed by atoms with Crippen molar-refractivity contribution in [3.05, 3.63) is 66.5 Å². The second-order valence-electron chi connectivity index (χ2n) is 5.48. The largest absolute Gasteiger partial charge is 0.508 e. The van der Waals surface area contributed by atoms with E-state index in [1.54, 1.807) is 12.1 Å². The maximum atomic E-state index is 12.8. The number of halogens is 3. The molecule has 140 valence electrons. The molecule has 0 aliphatic rings. The molecule has 0 radical (unpaired) electrons. The smallest absolute Gasteiger partial charge is 0.416 e. The third kappa shape index (κ3) is 4.34.